The number of rotatable bonds is 10. The number of hydrogen-bond acceptors (Lipinski definition) is 7. The van der Waals surface area contributed by atoms with Crippen molar-refractivity contribution in [1.82, 2.24) is 10.2 Å². The fourth-order valence-electron chi connectivity index (χ4n) is 3.50. The number of carbonyl (C=O) groups is 2. The number of nitrogens with zero attached hydrogens (tertiary/aromatic N) is 2. The highest BCUT2D eigenvalue weighted by atomic mass is 79.9. The topological polar surface area (TPSA) is 125 Å². The van der Waals surface area contributed by atoms with Gasteiger partial charge in [0, 0.05) is 24.6 Å². The number of nitrogens with one attached hydrogen (secondary N) is 1. The number of benzene rings is 1. The van der Waals surface area contributed by atoms with Crippen molar-refractivity contribution >= 4 is 81.4 Å². The number of halogens is 4. The second-order valence-corrected chi connectivity index (χ2v) is 11.8. The highest BCUT2D eigenvalue weighted by Gasteiger charge is 2.45. The molecule has 2 aliphatic heterocycles. The third kappa shape index (κ3) is 7.87. The normalized spacial score (nSPS) is 18.9. The summed E-state index contributed by atoms with van der Waals surface area (Å²) in [5.74, 6) is -0.199. The predicted octanol–water partition coefficient (Wildman–Crippen LogP) is 5.03. The maximum Gasteiger partial charge on any atom is 0.314 e. The Morgan fingerprint density at radius 2 is 1.92 bits per heavy atom. The van der Waals surface area contributed by atoms with Crippen LogP contribution >= 0.6 is 63.7 Å². The van der Waals surface area contributed by atoms with E-state index < -0.39 is 11.8 Å². The Morgan fingerprint density at radius 1 is 1.22 bits per heavy atom. The van der Waals surface area contributed by atoms with Crippen molar-refractivity contribution in [3.8, 4) is 5.75 Å². The van der Waals surface area contributed by atoms with Crippen LogP contribution in [-0.2, 0) is 25.5 Å². The Kier molecular flexibility index (Phi) is 10.7. The number of ether oxygens (including phenoxy) is 3. The molecule has 3 N–H and O–H groups in total. The number of primary amides is 1. The Morgan fingerprint density at radius 3 is 2.57 bits per heavy atom. The summed E-state index contributed by atoms with van der Waals surface area (Å²) >= 11 is 14.0. The van der Waals surface area contributed by atoms with Crippen molar-refractivity contribution in [3.05, 3.63) is 47.6 Å². The molecule has 1 spiro atoms. The summed E-state index contributed by atoms with van der Waals surface area (Å²) in [5, 5.41) is 6.80. The van der Waals surface area contributed by atoms with E-state index in [2.05, 4.69) is 74.2 Å². The van der Waals surface area contributed by atoms with Gasteiger partial charge >= 0.3 is 6.03 Å². The van der Waals surface area contributed by atoms with E-state index >= 15 is 0 Å². The van der Waals surface area contributed by atoms with Gasteiger partial charge in [-0.05, 0) is 78.3 Å². The summed E-state index contributed by atoms with van der Waals surface area (Å²) in [7, 11) is 3.21. The molecule has 202 valence electrons. The van der Waals surface area contributed by atoms with Crippen molar-refractivity contribution in [2.45, 2.75) is 31.5 Å². The van der Waals surface area contributed by atoms with Crippen LogP contribution in [0.15, 0.2) is 47.2 Å². The molecule has 14 heteroatoms. The minimum Gasteiger partial charge on any atom is -0.495 e. The van der Waals surface area contributed by atoms with Crippen molar-refractivity contribution in [2.75, 3.05) is 33.9 Å². The summed E-state index contributed by atoms with van der Waals surface area (Å²) < 4.78 is 20.0. The average molecular weight is 774 g/mol. The smallest absolute Gasteiger partial charge is 0.314 e. The molecule has 37 heavy (non-hydrogen) atoms. The fraction of sp³-hybridized carbons (Fsp3) is 0.435. The van der Waals surface area contributed by atoms with Crippen LogP contribution in [0, 0.1) is 0 Å². The van der Waals surface area contributed by atoms with E-state index in [1.165, 1.54) is 11.2 Å². The minimum absolute atomic E-state index is 0.180. The summed E-state index contributed by atoms with van der Waals surface area (Å²) in [6.07, 6.45) is 3.20. The molecule has 0 unspecified atom stereocenters. The number of hydrogen-bond donors (Lipinski definition) is 2. The van der Waals surface area contributed by atoms with Gasteiger partial charge < -0.3 is 35.0 Å². The largest absolute Gasteiger partial charge is 0.495 e. The van der Waals surface area contributed by atoms with Crippen LogP contribution in [0.4, 0.5) is 4.79 Å². The molecule has 10 nitrogen and oxygen atoms in total. The molecule has 0 saturated carbocycles. The number of urea groups is 1. The van der Waals surface area contributed by atoms with Crippen molar-refractivity contribution in [1.29, 1.82) is 0 Å². The lowest BCUT2D eigenvalue weighted by Crippen LogP contribution is -2.36. The van der Waals surface area contributed by atoms with E-state index in [0.717, 1.165) is 19.0 Å². The van der Waals surface area contributed by atoms with Crippen LogP contribution in [0.5, 0.6) is 5.75 Å². The molecular weight excluding hydrogens is 748 g/mol. The maximum absolute atomic E-state index is 12.6. The first-order valence-electron chi connectivity index (χ1n) is 11.2. The number of oxime groups is 1. The lowest BCUT2D eigenvalue weighted by atomic mass is 10.1. The van der Waals surface area contributed by atoms with Gasteiger partial charge in [0.25, 0.3) is 11.7 Å². The standard InChI is InChI=1S/C23H26Br4N4O6/c1-31(22(28)33)6-4-13-8-14(24)20(15(25)9-13)35-7-3-5-29-21(32)18-11-23(37-30-18)10-16(26)19(34-2)17(27)12-36-23/h8-9,12H,3-7,10-11H2,1-2H3,(H2,28,33)(H,29,32)/t23-/m0/s1. The summed E-state index contributed by atoms with van der Waals surface area (Å²) in [5.41, 5.74) is 6.53. The Labute approximate surface area is 248 Å². The summed E-state index contributed by atoms with van der Waals surface area (Å²) in [6.45, 7) is 1.28. The van der Waals surface area contributed by atoms with Crippen LogP contribution in [0.3, 0.4) is 0 Å². The third-order valence-corrected chi connectivity index (χ3v) is 7.88. The number of carbonyl (C=O) groups excluding carboxylic acids is 2. The average Bonchev–Trinajstić information content (AvgIpc) is 3.21. The quantitative estimate of drug-likeness (QED) is 0.322. The Bertz CT molecular complexity index is 1120. The van der Waals surface area contributed by atoms with Gasteiger partial charge in [-0.3, -0.25) is 4.79 Å². The maximum atomic E-state index is 12.6. The first kappa shape index (κ1) is 29.8. The third-order valence-electron chi connectivity index (χ3n) is 5.51. The van der Waals surface area contributed by atoms with E-state index in [0.29, 0.717) is 54.9 Å². The molecule has 1 aromatic carbocycles. The van der Waals surface area contributed by atoms with Gasteiger partial charge in [0.05, 0.1) is 40.0 Å². The SMILES string of the molecule is COC1=C(Br)C[C@]2(CC(C(=O)NCCCOc3c(Br)cc(CCN(C)C(N)=O)cc3Br)=NO2)OC=C1Br. The molecule has 2 heterocycles. The van der Waals surface area contributed by atoms with Gasteiger partial charge in [-0.25, -0.2) is 4.79 Å². The van der Waals surface area contributed by atoms with Crippen molar-refractivity contribution < 1.29 is 28.6 Å². The number of nitrogens with two attached hydrogens (primary N) is 1. The van der Waals surface area contributed by atoms with Crippen LogP contribution in [0.2, 0.25) is 0 Å². The van der Waals surface area contributed by atoms with Gasteiger partial charge in [-0.15, -0.1) is 0 Å². The van der Waals surface area contributed by atoms with Gasteiger partial charge in [0.1, 0.15) is 17.8 Å². The molecule has 1 aromatic rings. The molecule has 0 saturated heterocycles. The van der Waals surface area contributed by atoms with Gasteiger partial charge in [0.2, 0.25) is 0 Å². The van der Waals surface area contributed by atoms with E-state index in [4.69, 9.17) is 24.8 Å². The highest BCUT2D eigenvalue weighted by molar-refractivity contribution is 9.12. The first-order valence-corrected chi connectivity index (χ1v) is 14.3. The first-order chi connectivity index (χ1) is 17.5. The molecule has 0 bridgehead atoms. The molecule has 0 fully saturated rings. The molecule has 3 rings (SSSR count). The molecular formula is C23H26Br4N4O6. The van der Waals surface area contributed by atoms with Crippen molar-refractivity contribution in [3.63, 3.8) is 0 Å². The highest BCUT2D eigenvalue weighted by Crippen LogP contribution is 2.41. The van der Waals surface area contributed by atoms with E-state index in [1.54, 1.807) is 14.2 Å². The summed E-state index contributed by atoms with van der Waals surface area (Å²) in [6, 6.07) is 3.42. The molecule has 0 aromatic heterocycles. The zero-order chi connectivity index (χ0) is 27.2. The van der Waals surface area contributed by atoms with Gasteiger partial charge in [-0.2, -0.15) is 0 Å². The number of allylic oxidation sites excluding steroid dienone is 1. The molecule has 1 atom stereocenters. The van der Waals surface area contributed by atoms with Crippen LogP contribution in [0.25, 0.3) is 0 Å². The fourth-order valence-corrected chi connectivity index (χ4v) is 6.57. The number of methoxy groups -OCH3 is 1. The second-order valence-electron chi connectivity index (χ2n) is 8.27. The number of amides is 3. The predicted molar refractivity (Wildman–Crippen MR) is 152 cm³/mol. The van der Waals surface area contributed by atoms with E-state index in [1.807, 2.05) is 12.1 Å². The molecule has 2 aliphatic rings. The van der Waals surface area contributed by atoms with Crippen molar-refractivity contribution in [2.24, 2.45) is 10.9 Å². The van der Waals surface area contributed by atoms with E-state index in [-0.39, 0.29) is 18.0 Å². The van der Waals surface area contributed by atoms with Crippen LogP contribution in [0.1, 0.15) is 24.8 Å². The van der Waals surface area contributed by atoms with Crippen LogP contribution in [-0.4, -0.2) is 62.2 Å². The van der Waals surface area contributed by atoms with E-state index in [9.17, 15) is 9.59 Å². The molecule has 3 amide bonds. The molecule has 0 aliphatic carbocycles. The summed E-state index contributed by atoms with van der Waals surface area (Å²) in [4.78, 5) is 30.8. The zero-order valence-corrected chi connectivity index (χ0v) is 26.5. The minimum atomic E-state index is -1.12. The van der Waals surface area contributed by atoms with Crippen LogP contribution < -0.4 is 15.8 Å². The van der Waals surface area contributed by atoms with Gasteiger partial charge in [-0.1, -0.05) is 21.1 Å². The lowest BCUT2D eigenvalue weighted by molar-refractivity contribution is -0.186. The second kappa shape index (κ2) is 13.3. The molecule has 0 radical (unpaired) electrons. The monoisotopic (exact) mass is 770 g/mol. The Balaban J connectivity index is 1.44. The lowest BCUT2D eigenvalue weighted by Gasteiger charge is -2.24. The zero-order valence-electron chi connectivity index (χ0n) is 20.1. The number of likely N-dealkylation sites (N-methyl/N-ethyl adjacent to an activating group) is 1. The van der Waals surface area contributed by atoms with Gasteiger partial charge in [0.15, 0.2) is 5.71 Å². The Hall–Kier alpha value is -1.77.